The van der Waals surface area contributed by atoms with E-state index in [0.29, 0.717) is 18.0 Å². The van der Waals surface area contributed by atoms with Gasteiger partial charge in [0.2, 0.25) is 4.77 Å². The van der Waals surface area contributed by atoms with Crippen LogP contribution in [0.5, 0.6) is 5.75 Å². The molecule has 0 N–H and O–H groups in total. The molecule has 1 fully saturated rings. The second-order valence-electron chi connectivity index (χ2n) is 7.31. The number of hydrogen-bond donors (Lipinski definition) is 0. The zero-order valence-corrected chi connectivity index (χ0v) is 19.3. The van der Waals surface area contributed by atoms with Crippen molar-refractivity contribution in [2.24, 2.45) is 0 Å². The fourth-order valence-corrected chi connectivity index (χ4v) is 4.92. The van der Waals surface area contributed by atoms with Crippen molar-refractivity contribution < 1.29 is 14.3 Å². The second kappa shape index (κ2) is 9.76. The number of hydrogen-bond acceptors (Lipinski definition) is 7. The number of carbonyl (C=O) groups excluding carboxylic acids is 1. The van der Waals surface area contributed by atoms with Gasteiger partial charge in [0.1, 0.15) is 11.8 Å². The van der Waals surface area contributed by atoms with Crippen LogP contribution in [0.15, 0.2) is 41.8 Å². The van der Waals surface area contributed by atoms with E-state index in [4.69, 9.17) is 26.8 Å². The standard InChI is InChI=1S/C22H26N4O3S2/c1-3-29-21(27)17-10-6-7-13-24(17)15-25-22(30)26(16-9-4-5-11-18(16)28-2)20(23-25)19-12-8-14-31-19/h4-5,8-9,11-12,14,17H,3,6-7,10,13,15H2,1-2H3/t17-/m1/s1. The fraction of sp³-hybridized carbons (Fsp3) is 0.409. The third kappa shape index (κ3) is 4.44. The molecule has 0 aliphatic carbocycles. The molecule has 1 atom stereocenters. The summed E-state index contributed by atoms with van der Waals surface area (Å²) < 4.78 is 15.2. The molecule has 0 radical (unpaired) electrons. The lowest BCUT2D eigenvalue weighted by Crippen LogP contribution is -2.46. The van der Waals surface area contributed by atoms with Crippen LogP contribution in [0.4, 0.5) is 0 Å². The number of likely N-dealkylation sites (tertiary alicyclic amines) is 1. The Bertz CT molecular complexity index is 1090. The second-order valence-corrected chi connectivity index (χ2v) is 8.62. The van der Waals surface area contributed by atoms with Crippen molar-refractivity contribution in [2.45, 2.75) is 38.9 Å². The summed E-state index contributed by atoms with van der Waals surface area (Å²) >= 11 is 7.48. The lowest BCUT2D eigenvalue weighted by atomic mass is 10.0. The zero-order valence-electron chi connectivity index (χ0n) is 17.7. The van der Waals surface area contributed by atoms with Gasteiger partial charge < -0.3 is 9.47 Å². The third-order valence-electron chi connectivity index (χ3n) is 5.39. The number of piperidine rings is 1. The number of ether oxygens (including phenoxy) is 2. The van der Waals surface area contributed by atoms with Gasteiger partial charge in [-0.05, 0) is 55.6 Å². The first-order valence-electron chi connectivity index (χ1n) is 10.4. The van der Waals surface area contributed by atoms with Crippen LogP contribution in [0.25, 0.3) is 16.4 Å². The van der Waals surface area contributed by atoms with Gasteiger partial charge in [-0.15, -0.1) is 16.4 Å². The summed E-state index contributed by atoms with van der Waals surface area (Å²) in [6, 6.07) is 11.5. The van der Waals surface area contributed by atoms with E-state index in [1.165, 1.54) is 0 Å². The molecule has 9 heteroatoms. The van der Waals surface area contributed by atoms with Gasteiger partial charge in [0.15, 0.2) is 5.82 Å². The van der Waals surface area contributed by atoms with Crippen LogP contribution in [0.1, 0.15) is 26.2 Å². The molecule has 31 heavy (non-hydrogen) atoms. The van der Waals surface area contributed by atoms with Gasteiger partial charge >= 0.3 is 5.97 Å². The minimum absolute atomic E-state index is 0.170. The zero-order chi connectivity index (χ0) is 21.8. The van der Waals surface area contributed by atoms with E-state index >= 15 is 0 Å². The lowest BCUT2D eigenvalue weighted by Gasteiger charge is -2.33. The maximum absolute atomic E-state index is 12.5. The third-order valence-corrected chi connectivity index (χ3v) is 6.65. The summed E-state index contributed by atoms with van der Waals surface area (Å²) in [5.41, 5.74) is 0.838. The molecule has 0 amide bonds. The van der Waals surface area contributed by atoms with Crippen LogP contribution in [-0.4, -0.2) is 51.5 Å². The average molecular weight is 459 g/mol. The monoisotopic (exact) mass is 458 g/mol. The smallest absolute Gasteiger partial charge is 0.323 e. The molecule has 0 bridgehead atoms. The fourth-order valence-electron chi connectivity index (χ4n) is 3.93. The molecule has 1 aliphatic heterocycles. The summed E-state index contributed by atoms with van der Waals surface area (Å²) in [6.07, 6.45) is 2.84. The van der Waals surface area contributed by atoms with Gasteiger partial charge in [-0.25, -0.2) is 4.68 Å². The van der Waals surface area contributed by atoms with E-state index in [2.05, 4.69) is 4.90 Å². The van der Waals surface area contributed by atoms with E-state index in [1.807, 2.05) is 53.3 Å². The quantitative estimate of drug-likeness (QED) is 0.383. The van der Waals surface area contributed by atoms with Crippen molar-refractivity contribution >= 4 is 29.5 Å². The maximum atomic E-state index is 12.5. The van der Waals surface area contributed by atoms with Crippen molar-refractivity contribution in [3.05, 3.63) is 46.5 Å². The van der Waals surface area contributed by atoms with Gasteiger partial charge in [0.25, 0.3) is 0 Å². The Labute approximate surface area is 190 Å². The number of aromatic nitrogens is 3. The molecule has 3 aromatic rings. The number of nitrogens with zero attached hydrogens (tertiary/aromatic N) is 4. The molecule has 2 aromatic heterocycles. The molecule has 7 nitrogen and oxygen atoms in total. The predicted molar refractivity (Wildman–Crippen MR) is 123 cm³/mol. The molecule has 164 valence electrons. The van der Waals surface area contributed by atoms with Gasteiger partial charge in [-0.3, -0.25) is 14.3 Å². The highest BCUT2D eigenvalue weighted by atomic mass is 32.1. The van der Waals surface area contributed by atoms with Crippen LogP contribution in [0.2, 0.25) is 0 Å². The molecule has 0 unspecified atom stereocenters. The number of thiophene rings is 1. The van der Waals surface area contributed by atoms with Crippen molar-refractivity contribution in [3.8, 4) is 22.1 Å². The first-order chi connectivity index (χ1) is 15.1. The lowest BCUT2D eigenvalue weighted by molar-refractivity contribution is -0.151. The highest BCUT2D eigenvalue weighted by Crippen LogP contribution is 2.31. The Morgan fingerprint density at radius 2 is 2.10 bits per heavy atom. The summed E-state index contributed by atoms with van der Waals surface area (Å²) in [5, 5.41) is 6.89. The molecule has 1 saturated heterocycles. The predicted octanol–water partition coefficient (Wildman–Crippen LogP) is 4.52. The minimum atomic E-state index is -0.266. The number of carbonyl (C=O) groups is 1. The van der Waals surface area contributed by atoms with Gasteiger partial charge in [0.05, 0.1) is 30.9 Å². The SMILES string of the molecule is CCOC(=O)[C@H]1CCCCN1Cn1nc(-c2cccs2)n(-c2ccccc2OC)c1=S. The summed E-state index contributed by atoms with van der Waals surface area (Å²) in [7, 11) is 1.65. The van der Waals surface area contributed by atoms with E-state index in [1.54, 1.807) is 23.1 Å². The Morgan fingerprint density at radius 3 is 2.84 bits per heavy atom. The normalized spacial score (nSPS) is 16.9. The number of methoxy groups -OCH3 is 1. The van der Waals surface area contributed by atoms with Crippen molar-refractivity contribution in [3.63, 3.8) is 0 Å². The molecular weight excluding hydrogens is 432 g/mol. The van der Waals surface area contributed by atoms with E-state index in [9.17, 15) is 4.79 Å². The summed E-state index contributed by atoms with van der Waals surface area (Å²) in [5.74, 6) is 1.31. The van der Waals surface area contributed by atoms with Crippen LogP contribution >= 0.6 is 23.6 Å². The Morgan fingerprint density at radius 1 is 1.26 bits per heavy atom. The molecule has 3 heterocycles. The first kappa shape index (κ1) is 21.7. The molecule has 1 aromatic carbocycles. The Hall–Kier alpha value is -2.49. The van der Waals surface area contributed by atoms with Crippen LogP contribution in [0, 0.1) is 4.77 Å². The summed E-state index contributed by atoms with van der Waals surface area (Å²) in [6.45, 7) is 3.46. The molecule has 0 spiro atoms. The molecule has 0 saturated carbocycles. The maximum Gasteiger partial charge on any atom is 0.323 e. The largest absolute Gasteiger partial charge is 0.495 e. The van der Waals surface area contributed by atoms with Crippen LogP contribution in [0.3, 0.4) is 0 Å². The number of benzene rings is 1. The minimum Gasteiger partial charge on any atom is -0.495 e. The van der Waals surface area contributed by atoms with Crippen molar-refractivity contribution in [2.75, 3.05) is 20.3 Å². The molecular formula is C22H26N4O3S2. The van der Waals surface area contributed by atoms with Gasteiger partial charge in [0, 0.05) is 6.54 Å². The number of rotatable bonds is 7. The van der Waals surface area contributed by atoms with E-state index in [0.717, 1.165) is 47.9 Å². The molecule has 4 rings (SSSR count). The average Bonchev–Trinajstić information content (AvgIpc) is 3.43. The van der Waals surface area contributed by atoms with Crippen LogP contribution in [-0.2, 0) is 16.2 Å². The number of esters is 1. The van der Waals surface area contributed by atoms with Crippen LogP contribution < -0.4 is 4.74 Å². The topological polar surface area (TPSA) is 61.5 Å². The summed E-state index contributed by atoms with van der Waals surface area (Å²) in [4.78, 5) is 15.6. The van der Waals surface area contributed by atoms with Gasteiger partial charge in [-0.2, -0.15) is 0 Å². The molecule has 1 aliphatic rings. The number of para-hydroxylation sites is 2. The first-order valence-corrected chi connectivity index (χ1v) is 11.7. The van der Waals surface area contributed by atoms with E-state index < -0.39 is 0 Å². The Balaban J connectivity index is 1.76. The van der Waals surface area contributed by atoms with E-state index in [-0.39, 0.29) is 12.0 Å². The van der Waals surface area contributed by atoms with Gasteiger partial charge in [-0.1, -0.05) is 24.6 Å². The highest BCUT2D eigenvalue weighted by Gasteiger charge is 2.31. The van der Waals surface area contributed by atoms with Crippen molar-refractivity contribution in [1.29, 1.82) is 0 Å². The Kier molecular flexibility index (Phi) is 6.84. The highest BCUT2D eigenvalue weighted by molar-refractivity contribution is 7.71. The van der Waals surface area contributed by atoms with Crippen molar-refractivity contribution in [1.82, 2.24) is 19.2 Å².